The number of halogens is 1. The van der Waals surface area contributed by atoms with E-state index in [-0.39, 0.29) is 29.6 Å². The minimum Gasteiger partial charge on any atom is -0.481 e. The topological polar surface area (TPSA) is 54.4 Å². The molecule has 4 heteroatoms. The monoisotopic (exact) mass is 250 g/mol. The molecule has 96 valence electrons. The highest BCUT2D eigenvalue weighted by Gasteiger charge is 2.31. The van der Waals surface area contributed by atoms with E-state index in [2.05, 4.69) is 0 Å². The van der Waals surface area contributed by atoms with Gasteiger partial charge in [0.2, 0.25) is 0 Å². The average Bonchev–Trinajstić information content (AvgIpc) is 2.78. The number of rotatable bonds is 4. The van der Waals surface area contributed by atoms with Gasteiger partial charge in [0, 0.05) is 6.42 Å². The van der Waals surface area contributed by atoms with Gasteiger partial charge in [-0.25, -0.2) is 4.39 Å². The molecule has 0 bridgehead atoms. The number of hydrogen-bond donors (Lipinski definition) is 1. The fraction of sp³-hybridized carbons (Fsp3) is 0.429. The minimum absolute atomic E-state index is 0.0678. The number of carbonyl (C=O) groups excluding carboxylic acids is 1. The number of carboxylic acids is 1. The summed E-state index contributed by atoms with van der Waals surface area (Å²) in [4.78, 5) is 22.7. The number of aliphatic carboxylic acids is 1. The zero-order chi connectivity index (χ0) is 13.1. The third-order valence-electron chi connectivity index (χ3n) is 3.54. The summed E-state index contributed by atoms with van der Waals surface area (Å²) in [6.07, 6.45) is 2.11. The van der Waals surface area contributed by atoms with E-state index in [1.54, 1.807) is 12.1 Å². The van der Waals surface area contributed by atoms with Gasteiger partial charge in [0.1, 0.15) is 5.82 Å². The predicted octanol–water partition coefficient (Wildman–Crippen LogP) is 2.90. The molecule has 0 amide bonds. The molecule has 1 saturated carbocycles. The van der Waals surface area contributed by atoms with E-state index in [1.807, 2.05) is 0 Å². The van der Waals surface area contributed by atoms with E-state index in [0.29, 0.717) is 12.8 Å². The fourth-order valence-corrected chi connectivity index (χ4v) is 2.54. The second kappa shape index (κ2) is 5.29. The third kappa shape index (κ3) is 2.75. The van der Waals surface area contributed by atoms with Crippen LogP contribution >= 0.6 is 0 Å². The lowest BCUT2D eigenvalue weighted by Crippen LogP contribution is -2.11. The van der Waals surface area contributed by atoms with Gasteiger partial charge in [-0.05, 0) is 37.3 Å². The molecule has 2 unspecified atom stereocenters. The second-order valence-corrected chi connectivity index (χ2v) is 4.82. The van der Waals surface area contributed by atoms with E-state index >= 15 is 0 Å². The highest BCUT2D eigenvalue weighted by molar-refractivity contribution is 5.96. The van der Waals surface area contributed by atoms with Crippen molar-refractivity contribution in [1.29, 1.82) is 0 Å². The van der Waals surface area contributed by atoms with Crippen molar-refractivity contribution < 1.29 is 19.1 Å². The number of hydrogen-bond acceptors (Lipinski definition) is 2. The maximum atomic E-state index is 13.4. The molecular formula is C14H15FO3. The summed E-state index contributed by atoms with van der Waals surface area (Å²) < 4.78 is 13.4. The molecular weight excluding hydrogens is 235 g/mol. The van der Waals surface area contributed by atoms with Crippen molar-refractivity contribution >= 4 is 11.8 Å². The van der Waals surface area contributed by atoms with Gasteiger partial charge in [0.05, 0.1) is 11.5 Å². The highest BCUT2D eigenvalue weighted by atomic mass is 19.1. The molecule has 0 heterocycles. The quantitative estimate of drug-likeness (QED) is 0.836. The standard InChI is InChI=1S/C14H15FO3/c15-12-4-2-1-3-11(12)13(16)8-9-5-6-10(7-9)14(17)18/h1-4,9-10H,5-8H2,(H,17,18). The summed E-state index contributed by atoms with van der Waals surface area (Å²) in [6.45, 7) is 0. The smallest absolute Gasteiger partial charge is 0.306 e. The Morgan fingerprint density at radius 3 is 2.61 bits per heavy atom. The fourth-order valence-electron chi connectivity index (χ4n) is 2.54. The van der Waals surface area contributed by atoms with Crippen LogP contribution in [0.5, 0.6) is 0 Å². The van der Waals surface area contributed by atoms with Crippen LogP contribution in [0.1, 0.15) is 36.0 Å². The molecule has 0 saturated heterocycles. The molecule has 1 aliphatic carbocycles. The van der Waals surface area contributed by atoms with Gasteiger partial charge in [-0.3, -0.25) is 9.59 Å². The van der Waals surface area contributed by atoms with Gasteiger partial charge in [-0.2, -0.15) is 0 Å². The minimum atomic E-state index is -0.796. The summed E-state index contributed by atoms with van der Waals surface area (Å²) in [5.41, 5.74) is 0.108. The predicted molar refractivity (Wildman–Crippen MR) is 63.8 cm³/mol. The molecule has 1 N–H and O–H groups in total. The number of ketones is 1. The first-order chi connectivity index (χ1) is 8.58. The Kier molecular flexibility index (Phi) is 3.75. The Morgan fingerprint density at radius 1 is 1.28 bits per heavy atom. The van der Waals surface area contributed by atoms with Crippen LogP contribution in [0.15, 0.2) is 24.3 Å². The molecule has 0 aromatic heterocycles. The molecule has 0 radical (unpaired) electrons. The lowest BCUT2D eigenvalue weighted by molar-refractivity contribution is -0.141. The maximum Gasteiger partial charge on any atom is 0.306 e. The van der Waals surface area contributed by atoms with Gasteiger partial charge in [-0.15, -0.1) is 0 Å². The first-order valence-electron chi connectivity index (χ1n) is 6.08. The number of Topliss-reactive ketones (excluding diaryl/α,β-unsaturated/α-hetero) is 1. The zero-order valence-electron chi connectivity index (χ0n) is 9.93. The Balaban J connectivity index is 1.97. The van der Waals surface area contributed by atoms with Gasteiger partial charge < -0.3 is 5.11 Å². The SMILES string of the molecule is O=C(CC1CCC(C(=O)O)C1)c1ccccc1F. The van der Waals surface area contributed by atoms with Crippen molar-refractivity contribution in [2.45, 2.75) is 25.7 Å². The highest BCUT2D eigenvalue weighted by Crippen LogP contribution is 2.34. The van der Waals surface area contributed by atoms with Crippen LogP contribution in [-0.4, -0.2) is 16.9 Å². The molecule has 1 fully saturated rings. The van der Waals surface area contributed by atoms with Crippen molar-refractivity contribution in [3.8, 4) is 0 Å². The van der Waals surface area contributed by atoms with E-state index < -0.39 is 11.8 Å². The van der Waals surface area contributed by atoms with Crippen LogP contribution in [0, 0.1) is 17.7 Å². The molecule has 2 atom stereocenters. The number of benzene rings is 1. The van der Waals surface area contributed by atoms with E-state index in [9.17, 15) is 14.0 Å². The Hall–Kier alpha value is -1.71. The normalized spacial score (nSPS) is 22.9. The summed E-state index contributed by atoms with van der Waals surface area (Å²) >= 11 is 0. The molecule has 1 aliphatic rings. The van der Waals surface area contributed by atoms with Crippen molar-refractivity contribution in [3.05, 3.63) is 35.6 Å². The van der Waals surface area contributed by atoms with Gasteiger partial charge in [0.15, 0.2) is 5.78 Å². The largest absolute Gasteiger partial charge is 0.481 e. The molecule has 1 aromatic rings. The third-order valence-corrected chi connectivity index (χ3v) is 3.54. The summed E-state index contributed by atoms with van der Waals surface area (Å²) in [6, 6.07) is 5.91. The van der Waals surface area contributed by atoms with Crippen LogP contribution in [0.3, 0.4) is 0 Å². The molecule has 2 rings (SSSR count). The van der Waals surface area contributed by atoms with E-state index in [4.69, 9.17) is 5.11 Å². The van der Waals surface area contributed by atoms with Gasteiger partial charge >= 0.3 is 5.97 Å². The lowest BCUT2D eigenvalue weighted by atomic mass is 9.95. The van der Waals surface area contributed by atoms with Crippen LogP contribution in [-0.2, 0) is 4.79 Å². The Bertz CT molecular complexity index is 470. The Morgan fingerprint density at radius 2 is 2.00 bits per heavy atom. The van der Waals surface area contributed by atoms with Crippen molar-refractivity contribution in [1.82, 2.24) is 0 Å². The lowest BCUT2D eigenvalue weighted by Gasteiger charge is -2.09. The first-order valence-corrected chi connectivity index (χ1v) is 6.08. The summed E-state index contributed by atoms with van der Waals surface area (Å²) in [5, 5.41) is 8.88. The second-order valence-electron chi connectivity index (χ2n) is 4.82. The van der Waals surface area contributed by atoms with Gasteiger partial charge in [-0.1, -0.05) is 12.1 Å². The van der Waals surface area contributed by atoms with Crippen molar-refractivity contribution in [3.63, 3.8) is 0 Å². The molecule has 0 aliphatic heterocycles. The molecule has 0 spiro atoms. The van der Waals surface area contributed by atoms with Crippen molar-refractivity contribution in [2.75, 3.05) is 0 Å². The molecule has 3 nitrogen and oxygen atoms in total. The average molecular weight is 250 g/mol. The summed E-state index contributed by atoms with van der Waals surface area (Å²) in [5.74, 6) is -1.81. The van der Waals surface area contributed by atoms with Crippen LogP contribution in [0.2, 0.25) is 0 Å². The molecule has 1 aromatic carbocycles. The van der Waals surface area contributed by atoms with E-state index in [1.165, 1.54) is 12.1 Å². The number of carboxylic acid groups (broad SMARTS) is 1. The maximum absolute atomic E-state index is 13.4. The van der Waals surface area contributed by atoms with E-state index in [0.717, 1.165) is 6.42 Å². The Labute approximate surface area is 105 Å². The van der Waals surface area contributed by atoms with Gasteiger partial charge in [0.25, 0.3) is 0 Å². The van der Waals surface area contributed by atoms with Crippen LogP contribution in [0.25, 0.3) is 0 Å². The number of carbonyl (C=O) groups is 2. The first kappa shape index (κ1) is 12.7. The molecule has 18 heavy (non-hydrogen) atoms. The van der Waals surface area contributed by atoms with Crippen molar-refractivity contribution in [2.24, 2.45) is 11.8 Å². The van der Waals surface area contributed by atoms with Crippen LogP contribution in [0.4, 0.5) is 4.39 Å². The zero-order valence-corrected chi connectivity index (χ0v) is 9.93. The van der Waals surface area contributed by atoms with Crippen LogP contribution < -0.4 is 0 Å². The summed E-state index contributed by atoms with van der Waals surface area (Å²) in [7, 11) is 0.